The summed E-state index contributed by atoms with van der Waals surface area (Å²) < 4.78 is 27.1. The fourth-order valence-corrected chi connectivity index (χ4v) is 3.78. The Hall–Kier alpha value is -2.25. The summed E-state index contributed by atoms with van der Waals surface area (Å²) in [5.41, 5.74) is 2.08. The number of nitrogens with one attached hydrogen (secondary N) is 2. The molecule has 0 aromatic heterocycles. The van der Waals surface area contributed by atoms with Crippen molar-refractivity contribution in [2.75, 3.05) is 27.2 Å². The standard InChI is InChI=1S/C19H25N5O4S.HI/c1-15-7-4-5-8-16(15)14-23(3)19(20-2)21-11-12-22-29(27,28)18-10-6-9-17(13-18)24(25)26;/h4-10,13,22H,11-12,14H2,1-3H3,(H,20,21);1H. The monoisotopic (exact) mass is 547 g/mol. The zero-order chi connectivity index (χ0) is 21.4. The molecule has 0 fully saturated rings. The number of guanidine groups is 1. The van der Waals surface area contributed by atoms with Gasteiger partial charge in [0.15, 0.2) is 5.96 Å². The molecule has 0 radical (unpaired) electrons. The summed E-state index contributed by atoms with van der Waals surface area (Å²) >= 11 is 0. The molecule has 0 bridgehead atoms. The lowest BCUT2D eigenvalue weighted by atomic mass is 10.1. The van der Waals surface area contributed by atoms with Gasteiger partial charge >= 0.3 is 0 Å². The number of nitro groups is 1. The number of nitrogens with zero attached hydrogens (tertiary/aromatic N) is 3. The maximum absolute atomic E-state index is 12.3. The number of hydrogen-bond donors (Lipinski definition) is 2. The molecule has 0 saturated heterocycles. The van der Waals surface area contributed by atoms with Crippen LogP contribution in [0.4, 0.5) is 5.69 Å². The lowest BCUT2D eigenvalue weighted by Gasteiger charge is -2.23. The van der Waals surface area contributed by atoms with Crippen molar-refractivity contribution in [1.29, 1.82) is 0 Å². The van der Waals surface area contributed by atoms with Gasteiger partial charge < -0.3 is 10.2 Å². The third-order valence-corrected chi connectivity index (χ3v) is 5.74. The van der Waals surface area contributed by atoms with Gasteiger partial charge in [0, 0.05) is 45.9 Å². The molecule has 164 valence electrons. The predicted octanol–water partition coefficient (Wildman–Crippen LogP) is 2.51. The zero-order valence-electron chi connectivity index (χ0n) is 17.0. The Kier molecular flexibility index (Phi) is 10.2. The van der Waals surface area contributed by atoms with Crippen molar-refractivity contribution in [2.45, 2.75) is 18.4 Å². The number of halogens is 1. The molecule has 0 aliphatic rings. The first-order valence-electron chi connectivity index (χ1n) is 8.95. The van der Waals surface area contributed by atoms with Crippen LogP contribution in [0.1, 0.15) is 11.1 Å². The molecule has 2 aromatic carbocycles. The van der Waals surface area contributed by atoms with Gasteiger partial charge in [-0.1, -0.05) is 30.3 Å². The molecule has 0 unspecified atom stereocenters. The number of hydrogen-bond acceptors (Lipinski definition) is 5. The summed E-state index contributed by atoms with van der Waals surface area (Å²) in [5.74, 6) is 0.628. The molecular weight excluding hydrogens is 521 g/mol. The van der Waals surface area contributed by atoms with E-state index in [1.807, 2.05) is 43.1 Å². The van der Waals surface area contributed by atoms with Gasteiger partial charge in [-0.05, 0) is 24.1 Å². The van der Waals surface area contributed by atoms with Crippen LogP contribution in [0.2, 0.25) is 0 Å². The lowest BCUT2D eigenvalue weighted by Crippen LogP contribution is -2.42. The third kappa shape index (κ3) is 7.22. The zero-order valence-corrected chi connectivity index (χ0v) is 20.2. The first-order valence-corrected chi connectivity index (χ1v) is 10.4. The number of aliphatic imine (C=N–C) groups is 1. The second kappa shape index (κ2) is 11.8. The number of non-ortho nitro benzene ring substituents is 1. The van der Waals surface area contributed by atoms with E-state index < -0.39 is 14.9 Å². The van der Waals surface area contributed by atoms with E-state index in [1.54, 1.807) is 7.05 Å². The van der Waals surface area contributed by atoms with Crippen LogP contribution >= 0.6 is 24.0 Å². The van der Waals surface area contributed by atoms with Crippen LogP contribution in [-0.2, 0) is 16.6 Å². The third-order valence-electron chi connectivity index (χ3n) is 4.28. The van der Waals surface area contributed by atoms with Gasteiger partial charge in [-0.25, -0.2) is 13.1 Å². The topological polar surface area (TPSA) is 117 Å². The number of sulfonamides is 1. The molecule has 0 atom stereocenters. The van der Waals surface area contributed by atoms with Gasteiger partial charge in [-0.2, -0.15) is 0 Å². The van der Waals surface area contributed by atoms with E-state index in [-0.39, 0.29) is 41.1 Å². The van der Waals surface area contributed by atoms with Gasteiger partial charge in [0.1, 0.15) is 0 Å². The predicted molar refractivity (Wildman–Crippen MR) is 128 cm³/mol. The fourth-order valence-electron chi connectivity index (χ4n) is 2.71. The average molecular weight is 547 g/mol. The summed E-state index contributed by atoms with van der Waals surface area (Å²) in [7, 11) is -0.289. The van der Waals surface area contributed by atoms with Crippen LogP contribution in [0.15, 0.2) is 58.4 Å². The van der Waals surface area contributed by atoms with E-state index in [1.165, 1.54) is 29.3 Å². The average Bonchev–Trinajstić information content (AvgIpc) is 2.69. The van der Waals surface area contributed by atoms with Crippen LogP contribution < -0.4 is 10.0 Å². The van der Waals surface area contributed by atoms with E-state index in [0.717, 1.165) is 6.07 Å². The highest BCUT2D eigenvalue weighted by molar-refractivity contribution is 14.0. The van der Waals surface area contributed by atoms with Crippen molar-refractivity contribution >= 4 is 45.6 Å². The van der Waals surface area contributed by atoms with Crippen LogP contribution in [0, 0.1) is 17.0 Å². The molecule has 0 saturated carbocycles. The highest BCUT2D eigenvalue weighted by Gasteiger charge is 2.17. The van der Waals surface area contributed by atoms with Crippen molar-refractivity contribution in [1.82, 2.24) is 14.9 Å². The smallest absolute Gasteiger partial charge is 0.270 e. The van der Waals surface area contributed by atoms with Crippen molar-refractivity contribution in [3.05, 3.63) is 69.8 Å². The first-order chi connectivity index (χ1) is 13.7. The fraction of sp³-hybridized carbons (Fsp3) is 0.316. The minimum atomic E-state index is -3.84. The maximum Gasteiger partial charge on any atom is 0.270 e. The maximum atomic E-state index is 12.3. The van der Waals surface area contributed by atoms with Crippen molar-refractivity contribution in [3.8, 4) is 0 Å². The summed E-state index contributed by atoms with van der Waals surface area (Å²) in [4.78, 5) is 16.2. The van der Waals surface area contributed by atoms with Crippen LogP contribution in [-0.4, -0.2) is 51.4 Å². The normalized spacial score (nSPS) is 11.5. The van der Waals surface area contributed by atoms with E-state index in [9.17, 15) is 18.5 Å². The number of benzene rings is 2. The molecule has 2 aromatic rings. The molecule has 0 heterocycles. The Labute approximate surface area is 193 Å². The highest BCUT2D eigenvalue weighted by atomic mass is 127. The summed E-state index contributed by atoms with van der Waals surface area (Å²) in [6, 6.07) is 13.0. The second-order valence-electron chi connectivity index (χ2n) is 6.41. The van der Waals surface area contributed by atoms with Crippen LogP contribution in [0.25, 0.3) is 0 Å². The van der Waals surface area contributed by atoms with E-state index in [2.05, 4.69) is 15.0 Å². The number of nitro benzene ring substituents is 1. The van der Waals surface area contributed by atoms with Crippen molar-refractivity contribution in [3.63, 3.8) is 0 Å². The van der Waals surface area contributed by atoms with E-state index >= 15 is 0 Å². The molecule has 2 N–H and O–H groups in total. The summed E-state index contributed by atoms with van der Waals surface area (Å²) in [6.45, 7) is 3.11. The first kappa shape index (κ1) is 25.8. The minimum Gasteiger partial charge on any atom is -0.355 e. The number of aryl methyl sites for hydroxylation is 1. The largest absolute Gasteiger partial charge is 0.355 e. The Balaban J connectivity index is 0.00000450. The molecule has 11 heteroatoms. The molecule has 0 amide bonds. The Morgan fingerprint density at radius 3 is 2.50 bits per heavy atom. The molecule has 9 nitrogen and oxygen atoms in total. The highest BCUT2D eigenvalue weighted by Crippen LogP contribution is 2.16. The summed E-state index contributed by atoms with van der Waals surface area (Å²) in [6.07, 6.45) is 0. The quantitative estimate of drug-likeness (QED) is 0.131. The van der Waals surface area contributed by atoms with Crippen LogP contribution in [0.3, 0.4) is 0 Å². The van der Waals surface area contributed by atoms with E-state index in [4.69, 9.17) is 0 Å². The Morgan fingerprint density at radius 1 is 1.17 bits per heavy atom. The minimum absolute atomic E-state index is 0. The van der Waals surface area contributed by atoms with Gasteiger partial charge in [-0.15, -0.1) is 24.0 Å². The SMILES string of the molecule is CN=C(NCCNS(=O)(=O)c1cccc([N+](=O)[O-])c1)N(C)Cc1ccccc1C.I. The van der Waals surface area contributed by atoms with Gasteiger partial charge in [0.05, 0.1) is 9.82 Å². The van der Waals surface area contributed by atoms with Gasteiger partial charge in [0.2, 0.25) is 10.0 Å². The van der Waals surface area contributed by atoms with Crippen LogP contribution in [0.5, 0.6) is 0 Å². The molecule has 30 heavy (non-hydrogen) atoms. The van der Waals surface area contributed by atoms with E-state index in [0.29, 0.717) is 19.0 Å². The second-order valence-corrected chi connectivity index (χ2v) is 8.18. The molecule has 0 spiro atoms. The molecule has 0 aliphatic heterocycles. The Bertz CT molecular complexity index is 998. The van der Waals surface area contributed by atoms with Crippen molar-refractivity contribution in [2.24, 2.45) is 4.99 Å². The van der Waals surface area contributed by atoms with Crippen molar-refractivity contribution < 1.29 is 13.3 Å². The lowest BCUT2D eigenvalue weighted by molar-refractivity contribution is -0.385. The van der Waals surface area contributed by atoms with Gasteiger partial charge in [0.25, 0.3) is 5.69 Å². The molecule has 2 rings (SSSR count). The Morgan fingerprint density at radius 2 is 1.87 bits per heavy atom. The summed E-state index contributed by atoms with van der Waals surface area (Å²) in [5, 5.41) is 13.9. The molecular formula is C19H26IN5O4S. The molecule has 0 aliphatic carbocycles. The van der Waals surface area contributed by atoms with Gasteiger partial charge in [-0.3, -0.25) is 15.1 Å². The number of rotatable bonds is 8.